The summed E-state index contributed by atoms with van der Waals surface area (Å²) in [4.78, 5) is 25.0. The predicted molar refractivity (Wildman–Crippen MR) is 128 cm³/mol. The Hall–Kier alpha value is -3.02. The lowest BCUT2D eigenvalue weighted by Crippen LogP contribution is -2.16. The molecule has 4 aromatic rings. The van der Waals surface area contributed by atoms with Crippen molar-refractivity contribution in [3.05, 3.63) is 66.0 Å². The standard InChI is InChI=1S/C21H19N5O3S3/c1-13-11-14(2)23-20(22-13)26-32(28,29)16-9-7-15(8-10-16)24-19(27)12-30-21-25-17-5-3-4-6-18(17)31-21/h3-11H,12H2,1-2H3,(H,24,27)(H,22,23,26). The van der Waals surface area contributed by atoms with Crippen molar-refractivity contribution < 1.29 is 13.2 Å². The van der Waals surface area contributed by atoms with E-state index in [4.69, 9.17) is 0 Å². The summed E-state index contributed by atoms with van der Waals surface area (Å²) >= 11 is 2.90. The molecule has 0 atom stereocenters. The summed E-state index contributed by atoms with van der Waals surface area (Å²) in [6.45, 7) is 3.53. The second-order valence-corrected chi connectivity index (χ2v) is 10.8. The lowest BCUT2D eigenvalue weighted by Gasteiger charge is -2.09. The predicted octanol–water partition coefficient (Wildman–Crippen LogP) is 4.23. The van der Waals surface area contributed by atoms with E-state index in [1.807, 2.05) is 24.3 Å². The van der Waals surface area contributed by atoms with E-state index < -0.39 is 10.0 Å². The Balaban J connectivity index is 1.36. The molecule has 2 heterocycles. The quantitative estimate of drug-likeness (QED) is 0.376. The smallest absolute Gasteiger partial charge is 0.264 e. The number of anilines is 2. The average Bonchev–Trinajstić information content (AvgIpc) is 3.15. The Bertz CT molecular complexity index is 1330. The number of carbonyl (C=O) groups is 1. The minimum Gasteiger partial charge on any atom is -0.325 e. The van der Waals surface area contributed by atoms with Crippen molar-refractivity contribution in [1.29, 1.82) is 0 Å². The van der Waals surface area contributed by atoms with Crippen molar-refractivity contribution in [2.24, 2.45) is 0 Å². The number of carbonyl (C=O) groups excluding carboxylic acids is 1. The molecule has 0 radical (unpaired) electrons. The molecule has 0 unspecified atom stereocenters. The van der Waals surface area contributed by atoms with Gasteiger partial charge >= 0.3 is 0 Å². The van der Waals surface area contributed by atoms with E-state index in [1.165, 1.54) is 36.0 Å². The van der Waals surface area contributed by atoms with Crippen molar-refractivity contribution in [1.82, 2.24) is 15.0 Å². The average molecular weight is 486 g/mol. The number of para-hydroxylation sites is 1. The molecule has 0 saturated heterocycles. The lowest BCUT2D eigenvalue weighted by atomic mass is 10.3. The fourth-order valence-electron chi connectivity index (χ4n) is 2.91. The third-order valence-electron chi connectivity index (χ3n) is 4.26. The van der Waals surface area contributed by atoms with Gasteiger partial charge in [0.25, 0.3) is 10.0 Å². The third-order valence-corrected chi connectivity index (χ3v) is 7.78. The number of aryl methyl sites for hydroxylation is 2. The van der Waals surface area contributed by atoms with Gasteiger partial charge in [-0.3, -0.25) is 4.79 Å². The number of hydrogen-bond donors (Lipinski definition) is 2. The van der Waals surface area contributed by atoms with Gasteiger partial charge in [-0.2, -0.15) is 0 Å². The van der Waals surface area contributed by atoms with E-state index in [-0.39, 0.29) is 22.5 Å². The zero-order valence-electron chi connectivity index (χ0n) is 17.2. The fourth-order valence-corrected chi connectivity index (χ4v) is 5.72. The topological polar surface area (TPSA) is 114 Å². The molecule has 164 valence electrons. The number of fused-ring (bicyclic) bond motifs is 1. The minimum absolute atomic E-state index is 0.0201. The maximum absolute atomic E-state index is 12.6. The van der Waals surface area contributed by atoms with Crippen LogP contribution in [-0.2, 0) is 14.8 Å². The molecule has 2 aromatic heterocycles. The molecule has 1 amide bonds. The first-order valence-corrected chi connectivity index (χ1v) is 12.8. The largest absolute Gasteiger partial charge is 0.325 e. The van der Waals surface area contributed by atoms with Gasteiger partial charge < -0.3 is 5.32 Å². The summed E-state index contributed by atoms with van der Waals surface area (Å²) in [7, 11) is -3.85. The van der Waals surface area contributed by atoms with Gasteiger partial charge in [-0.05, 0) is 56.3 Å². The van der Waals surface area contributed by atoms with E-state index in [0.717, 1.165) is 14.6 Å². The molecule has 0 spiro atoms. The monoisotopic (exact) mass is 485 g/mol. The summed E-state index contributed by atoms with van der Waals surface area (Å²) in [5, 5.41) is 2.77. The van der Waals surface area contributed by atoms with Gasteiger partial charge in [-0.15, -0.1) is 11.3 Å². The minimum atomic E-state index is -3.85. The molecule has 0 saturated carbocycles. The number of sulfonamides is 1. The zero-order valence-corrected chi connectivity index (χ0v) is 19.6. The number of amides is 1. The number of rotatable bonds is 7. The van der Waals surface area contributed by atoms with E-state index in [0.29, 0.717) is 17.1 Å². The van der Waals surface area contributed by atoms with Crippen molar-refractivity contribution in [2.75, 3.05) is 15.8 Å². The molecular formula is C21H19N5O3S3. The molecule has 0 aliphatic rings. The number of nitrogens with zero attached hydrogens (tertiary/aromatic N) is 3. The molecule has 0 fully saturated rings. The molecule has 4 rings (SSSR count). The molecule has 0 bridgehead atoms. The first kappa shape index (κ1) is 22.2. The van der Waals surface area contributed by atoms with Crippen molar-refractivity contribution in [3.63, 3.8) is 0 Å². The molecule has 0 aliphatic heterocycles. The van der Waals surface area contributed by atoms with E-state index in [9.17, 15) is 13.2 Å². The molecule has 11 heteroatoms. The van der Waals surface area contributed by atoms with Gasteiger partial charge in [0.1, 0.15) is 0 Å². The van der Waals surface area contributed by atoms with Crippen LogP contribution in [0, 0.1) is 13.8 Å². The summed E-state index contributed by atoms with van der Waals surface area (Å²) in [5.41, 5.74) is 2.74. The third kappa shape index (κ3) is 5.42. The molecule has 0 aliphatic carbocycles. The maximum Gasteiger partial charge on any atom is 0.264 e. The van der Waals surface area contributed by atoms with Crippen LogP contribution >= 0.6 is 23.1 Å². The molecule has 2 aromatic carbocycles. The summed E-state index contributed by atoms with van der Waals surface area (Å²) < 4.78 is 29.5. The highest BCUT2D eigenvalue weighted by Crippen LogP contribution is 2.29. The Labute approximate surface area is 193 Å². The zero-order chi connectivity index (χ0) is 22.7. The number of thiazole rings is 1. The summed E-state index contributed by atoms with van der Waals surface area (Å²) in [5.74, 6) is 0.0178. The van der Waals surface area contributed by atoms with E-state index in [2.05, 4.69) is 25.0 Å². The number of benzene rings is 2. The normalized spacial score (nSPS) is 11.4. The van der Waals surface area contributed by atoms with Crippen LogP contribution in [0.5, 0.6) is 0 Å². The summed E-state index contributed by atoms with van der Waals surface area (Å²) in [6.07, 6.45) is 0. The second-order valence-electron chi connectivity index (χ2n) is 6.89. The summed E-state index contributed by atoms with van der Waals surface area (Å²) in [6, 6.07) is 15.5. The van der Waals surface area contributed by atoms with Crippen LogP contribution in [0.1, 0.15) is 11.4 Å². The number of thioether (sulfide) groups is 1. The van der Waals surface area contributed by atoms with Crippen molar-refractivity contribution in [2.45, 2.75) is 23.1 Å². The van der Waals surface area contributed by atoms with Crippen LogP contribution < -0.4 is 10.0 Å². The molecule has 32 heavy (non-hydrogen) atoms. The lowest BCUT2D eigenvalue weighted by molar-refractivity contribution is -0.113. The van der Waals surface area contributed by atoms with Gasteiger partial charge in [-0.25, -0.2) is 28.1 Å². The van der Waals surface area contributed by atoms with Crippen LogP contribution in [0.3, 0.4) is 0 Å². The maximum atomic E-state index is 12.6. The van der Waals surface area contributed by atoms with Crippen molar-refractivity contribution >= 4 is 60.9 Å². The van der Waals surface area contributed by atoms with Crippen LogP contribution in [0.15, 0.2) is 63.8 Å². The fraction of sp³-hybridized carbons (Fsp3) is 0.143. The van der Waals surface area contributed by atoms with Crippen LogP contribution in [-0.4, -0.2) is 35.0 Å². The van der Waals surface area contributed by atoms with Gasteiger partial charge in [0.05, 0.1) is 20.9 Å². The van der Waals surface area contributed by atoms with Gasteiger partial charge in [0, 0.05) is 17.1 Å². The number of aromatic nitrogens is 3. The van der Waals surface area contributed by atoms with Crippen LogP contribution in [0.4, 0.5) is 11.6 Å². The Kier molecular flexibility index (Phi) is 6.40. The van der Waals surface area contributed by atoms with Crippen LogP contribution in [0.25, 0.3) is 10.2 Å². The van der Waals surface area contributed by atoms with Crippen LogP contribution in [0.2, 0.25) is 0 Å². The Morgan fingerprint density at radius 3 is 2.38 bits per heavy atom. The molecular weight excluding hydrogens is 466 g/mol. The van der Waals surface area contributed by atoms with E-state index in [1.54, 1.807) is 31.3 Å². The highest BCUT2D eigenvalue weighted by atomic mass is 32.2. The van der Waals surface area contributed by atoms with Gasteiger partial charge in [0.15, 0.2) is 4.34 Å². The highest BCUT2D eigenvalue weighted by Gasteiger charge is 2.16. The van der Waals surface area contributed by atoms with Crippen molar-refractivity contribution in [3.8, 4) is 0 Å². The SMILES string of the molecule is Cc1cc(C)nc(NS(=O)(=O)c2ccc(NC(=O)CSc3nc4ccccc4s3)cc2)n1. The van der Waals surface area contributed by atoms with E-state index >= 15 is 0 Å². The number of hydrogen-bond acceptors (Lipinski definition) is 8. The first-order valence-electron chi connectivity index (χ1n) is 9.52. The van der Waals surface area contributed by atoms with Gasteiger partial charge in [0.2, 0.25) is 11.9 Å². The highest BCUT2D eigenvalue weighted by molar-refractivity contribution is 8.01. The molecule has 2 N–H and O–H groups in total. The molecule has 8 nitrogen and oxygen atoms in total. The first-order chi connectivity index (χ1) is 15.3. The Morgan fingerprint density at radius 2 is 1.69 bits per heavy atom. The Morgan fingerprint density at radius 1 is 1.00 bits per heavy atom. The van der Waals surface area contributed by atoms with Gasteiger partial charge in [-0.1, -0.05) is 23.9 Å². The number of nitrogens with one attached hydrogen (secondary N) is 2. The second kappa shape index (κ2) is 9.23.